The van der Waals surface area contributed by atoms with Crippen LogP contribution < -0.4 is 0 Å². The third-order valence-electron chi connectivity index (χ3n) is 5.75. The van der Waals surface area contributed by atoms with Gasteiger partial charge in [0.2, 0.25) is 0 Å². The van der Waals surface area contributed by atoms with Gasteiger partial charge in [-0.3, -0.25) is 0 Å². The van der Waals surface area contributed by atoms with Gasteiger partial charge in [0.15, 0.2) is 0 Å². The molecule has 1 aromatic heterocycles. The van der Waals surface area contributed by atoms with Crippen LogP contribution in [0.15, 0.2) is 59.9 Å². The van der Waals surface area contributed by atoms with Crippen molar-refractivity contribution in [3.63, 3.8) is 0 Å². The van der Waals surface area contributed by atoms with Crippen LogP contribution in [0.1, 0.15) is 35.3 Å². The zero-order valence-corrected chi connectivity index (χ0v) is 14.9. The number of aromatic nitrogens is 2. The quantitative estimate of drug-likeness (QED) is 0.694. The molecule has 2 aromatic carbocycles. The first kappa shape index (κ1) is 15.2. The van der Waals surface area contributed by atoms with Crippen molar-refractivity contribution >= 4 is 11.8 Å². The fraction of sp³-hybridized carbons (Fsp3) is 0.286. The lowest BCUT2D eigenvalue weighted by Gasteiger charge is -2.35. The van der Waals surface area contributed by atoms with Gasteiger partial charge in [0.1, 0.15) is 0 Å². The number of aryl methyl sites for hydroxylation is 1. The Morgan fingerprint density at radius 2 is 2.04 bits per heavy atom. The zero-order chi connectivity index (χ0) is 17.0. The van der Waals surface area contributed by atoms with Crippen LogP contribution in [0.25, 0.3) is 11.3 Å². The molecule has 5 rings (SSSR count). The Kier molecular flexibility index (Phi) is 3.50. The van der Waals surface area contributed by atoms with E-state index in [0.717, 1.165) is 24.1 Å². The van der Waals surface area contributed by atoms with Crippen molar-refractivity contribution in [2.75, 3.05) is 6.26 Å². The highest BCUT2D eigenvalue weighted by Gasteiger charge is 2.40. The van der Waals surface area contributed by atoms with Gasteiger partial charge in [-0.2, -0.15) is 0 Å². The molecule has 0 amide bonds. The van der Waals surface area contributed by atoms with Gasteiger partial charge < -0.3 is 9.67 Å². The summed E-state index contributed by atoms with van der Waals surface area (Å²) in [6.07, 6.45) is 7.52. The fourth-order valence-corrected chi connectivity index (χ4v) is 5.03. The van der Waals surface area contributed by atoms with Crippen LogP contribution >= 0.6 is 11.8 Å². The summed E-state index contributed by atoms with van der Waals surface area (Å²) in [7, 11) is 0. The van der Waals surface area contributed by atoms with Gasteiger partial charge in [-0.15, -0.1) is 11.8 Å². The fourth-order valence-electron chi connectivity index (χ4n) is 4.57. The molecule has 1 aliphatic heterocycles. The third kappa shape index (κ3) is 2.21. The molecule has 3 atom stereocenters. The van der Waals surface area contributed by atoms with Crippen LogP contribution in [-0.2, 0) is 6.42 Å². The standard InChI is InChI=1S/C21H20N2OS/c1-25-14-7-9-15-13(10-14)6-8-18(21(15)24)20-17-5-3-2-4-16(17)19-11-22-12-23(19)20/h2-5,7,9-12,18,20-21,24H,6,8H2,1H3. The molecule has 2 heterocycles. The normalized spacial score (nSPS) is 23.8. The SMILES string of the molecule is CSc1ccc2c(c1)CCC(C1c3ccccc3-c3cncn31)C2O. The van der Waals surface area contributed by atoms with Crippen LogP contribution in [0.4, 0.5) is 0 Å². The number of hydrogen-bond donors (Lipinski definition) is 1. The number of rotatable bonds is 2. The van der Waals surface area contributed by atoms with Crippen LogP contribution in [0.5, 0.6) is 0 Å². The molecule has 3 nitrogen and oxygen atoms in total. The Bertz CT molecular complexity index is 949. The second-order valence-electron chi connectivity index (χ2n) is 6.93. The van der Waals surface area contributed by atoms with E-state index in [2.05, 4.69) is 58.3 Å². The number of aliphatic hydroxyl groups excluding tert-OH is 1. The summed E-state index contributed by atoms with van der Waals surface area (Å²) >= 11 is 1.76. The van der Waals surface area contributed by atoms with E-state index >= 15 is 0 Å². The molecule has 4 heteroatoms. The van der Waals surface area contributed by atoms with E-state index in [4.69, 9.17) is 0 Å². The predicted octanol–water partition coefficient (Wildman–Crippen LogP) is 4.47. The van der Waals surface area contributed by atoms with Gasteiger partial charge in [-0.1, -0.05) is 30.3 Å². The Balaban J connectivity index is 1.58. The molecule has 0 saturated carbocycles. The molecule has 3 unspecified atom stereocenters. The predicted molar refractivity (Wildman–Crippen MR) is 101 cm³/mol. The van der Waals surface area contributed by atoms with E-state index in [1.807, 2.05) is 12.5 Å². The highest BCUT2D eigenvalue weighted by Crippen LogP contribution is 2.49. The van der Waals surface area contributed by atoms with Crippen LogP contribution in [0.2, 0.25) is 0 Å². The zero-order valence-electron chi connectivity index (χ0n) is 14.1. The molecule has 0 bridgehead atoms. The minimum absolute atomic E-state index is 0.164. The van der Waals surface area contributed by atoms with Crippen molar-refractivity contribution < 1.29 is 5.11 Å². The van der Waals surface area contributed by atoms with E-state index in [1.165, 1.54) is 21.6 Å². The average molecular weight is 348 g/mol. The summed E-state index contributed by atoms with van der Waals surface area (Å²) in [5.74, 6) is 0.171. The largest absolute Gasteiger partial charge is 0.388 e. The van der Waals surface area contributed by atoms with Gasteiger partial charge in [0.25, 0.3) is 0 Å². The number of aliphatic hydroxyl groups is 1. The topological polar surface area (TPSA) is 38.0 Å². The number of benzene rings is 2. The summed E-state index contributed by atoms with van der Waals surface area (Å²) in [6.45, 7) is 0. The second-order valence-corrected chi connectivity index (χ2v) is 7.81. The average Bonchev–Trinajstić information content (AvgIpc) is 3.23. The van der Waals surface area contributed by atoms with Crippen molar-refractivity contribution in [2.24, 2.45) is 5.92 Å². The third-order valence-corrected chi connectivity index (χ3v) is 6.47. The van der Waals surface area contributed by atoms with Crippen molar-refractivity contribution in [3.8, 4) is 11.3 Å². The Hall–Kier alpha value is -2.04. The number of fused-ring (bicyclic) bond motifs is 4. The number of imidazole rings is 1. The smallest absolute Gasteiger partial charge is 0.0956 e. The minimum atomic E-state index is -0.439. The van der Waals surface area contributed by atoms with Gasteiger partial charge >= 0.3 is 0 Å². The summed E-state index contributed by atoms with van der Waals surface area (Å²) in [5, 5.41) is 11.2. The van der Waals surface area contributed by atoms with E-state index in [9.17, 15) is 5.11 Å². The van der Waals surface area contributed by atoms with Crippen LogP contribution in [-0.4, -0.2) is 20.9 Å². The van der Waals surface area contributed by atoms with Crippen molar-refractivity contribution in [2.45, 2.75) is 29.9 Å². The first-order valence-electron chi connectivity index (χ1n) is 8.74. The lowest BCUT2D eigenvalue weighted by Crippen LogP contribution is -2.28. The molecule has 0 radical (unpaired) electrons. The minimum Gasteiger partial charge on any atom is -0.388 e. The van der Waals surface area contributed by atoms with E-state index in [0.29, 0.717) is 0 Å². The maximum atomic E-state index is 11.2. The van der Waals surface area contributed by atoms with Crippen LogP contribution in [0.3, 0.4) is 0 Å². The summed E-state index contributed by atoms with van der Waals surface area (Å²) < 4.78 is 2.25. The molecule has 0 fully saturated rings. The van der Waals surface area contributed by atoms with Gasteiger partial charge in [0.05, 0.1) is 30.4 Å². The molecule has 3 aromatic rings. The first-order valence-corrected chi connectivity index (χ1v) is 9.96. The molecule has 25 heavy (non-hydrogen) atoms. The monoisotopic (exact) mass is 348 g/mol. The highest BCUT2D eigenvalue weighted by atomic mass is 32.2. The molecule has 1 N–H and O–H groups in total. The lowest BCUT2D eigenvalue weighted by atomic mass is 9.76. The van der Waals surface area contributed by atoms with Crippen molar-refractivity contribution in [1.82, 2.24) is 9.55 Å². The summed E-state index contributed by atoms with van der Waals surface area (Å²) in [6, 6.07) is 15.2. The van der Waals surface area contributed by atoms with Crippen molar-refractivity contribution in [1.29, 1.82) is 0 Å². The van der Waals surface area contributed by atoms with E-state index < -0.39 is 6.10 Å². The number of thioether (sulfide) groups is 1. The maximum Gasteiger partial charge on any atom is 0.0956 e. The van der Waals surface area contributed by atoms with Gasteiger partial charge in [0, 0.05) is 16.4 Å². The first-order chi connectivity index (χ1) is 12.3. The number of nitrogens with zero attached hydrogens (tertiary/aromatic N) is 2. The van der Waals surface area contributed by atoms with Gasteiger partial charge in [-0.05, 0) is 47.9 Å². The van der Waals surface area contributed by atoms with E-state index in [-0.39, 0.29) is 12.0 Å². The Morgan fingerprint density at radius 1 is 1.16 bits per heavy atom. The molecule has 126 valence electrons. The molecular weight excluding hydrogens is 328 g/mol. The Morgan fingerprint density at radius 3 is 2.92 bits per heavy atom. The summed E-state index contributed by atoms with van der Waals surface area (Å²) in [4.78, 5) is 5.63. The van der Waals surface area contributed by atoms with E-state index in [1.54, 1.807) is 11.8 Å². The van der Waals surface area contributed by atoms with Gasteiger partial charge in [-0.25, -0.2) is 4.98 Å². The lowest BCUT2D eigenvalue weighted by molar-refractivity contribution is 0.0719. The Labute approximate surface area is 151 Å². The molecule has 0 saturated heterocycles. The molecular formula is C21H20N2OS. The molecule has 0 spiro atoms. The van der Waals surface area contributed by atoms with Crippen molar-refractivity contribution in [3.05, 3.63) is 71.7 Å². The second kappa shape index (κ2) is 5.75. The molecule has 1 aliphatic carbocycles. The highest BCUT2D eigenvalue weighted by molar-refractivity contribution is 7.98. The van der Waals surface area contributed by atoms with Crippen LogP contribution in [0, 0.1) is 5.92 Å². The summed E-state index contributed by atoms with van der Waals surface area (Å²) in [5.41, 5.74) is 6.12. The number of hydrogen-bond acceptors (Lipinski definition) is 3. The molecule has 2 aliphatic rings. The maximum absolute atomic E-state index is 11.2.